The largest absolute Gasteiger partial charge is 0.492 e. The van der Waals surface area contributed by atoms with E-state index in [0.717, 1.165) is 0 Å². The van der Waals surface area contributed by atoms with Gasteiger partial charge in [0.05, 0.1) is 23.2 Å². The molecular formula is C11H8BrNO4. The molecule has 0 saturated heterocycles. The molecule has 1 aromatic rings. The molecule has 0 aromatic heterocycles. The fourth-order valence-corrected chi connectivity index (χ4v) is 1.99. The van der Waals surface area contributed by atoms with Crippen molar-refractivity contribution >= 4 is 27.4 Å². The standard InChI is InChI=1S/C11H8BrNO4/c12-7-1-2-9(10(5-7)13(15)16)11-6-8(14)3-4-17-11/h1-5,11H,6H2. The first kappa shape index (κ1) is 11.8. The Kier molecular flexibility index (Phi) is 3.23. The van der Waals surface area contributed by atoms with Crippen LogP contribution in [0.5, 0.6) is 0 Å². The third-order valence-electron chi connectivity index (χ3n) is 2.42. The number of hydrogen-bond donors (Lipinski definition) is 0. The van der Waals surface area contributed by atoms with Crippen molar-refractivity contribution in [3.63, 3.8) is 0 Å². The molecule has 0 N–H and O–H groups in total. The Labute approximate surface area is 105 Å². The minimum absolute atomic E-state index is 0.0486. The average Bonchev–Trinajstić information content (AvgIpc) is 2.28. The van der Waals surface area contributed by atoms with Gasteiger partial charge in [0.15, 0.2) is 5.78 Å². The molecule has 2 rings (SSSR count). The summed E-state index contributed by atoms with van der Waals surface area (Å²) in [6.45, 7) is 0. The second-order valence-corrected chi connectivity index (χ2v) is 4.47. The first-order valence-electron chi connectivity index (χ1n) is 4.86. The van der Waals surface area contributed by atoms with Crippen LogP contribution in [-0.2, 0) is 9.53 Å². The van der Waals surface area contributed by atoms with E-state index in [1.165, 1.54) is 18.4 Å². The molecule has 0 fully saturated rings. The zero-order valence-electron chi connectivity index (χ0n) is 8.63. The molecule has 0 bridgehead atoms. The Morgan fingerprint density at radius 3 is 2.88 bits per heavy atom. The number of benzene rings is 1. The van der Waals surface area contributed by atoms with Gasteiger partial charge in [0.25, 0.3) is 5.69 Å². The van der Waals surface area contributed by atoms with E-state index in [2.05, 4.69) is 15.9 Å². The summed E-state index contributed by atoms with van der Waals surface area (Å²) in [6, 6.07) is 4.69. The number of carbonyl (C=O) groups excluding carboxylic acids is 1. The highest BCUT2D eigenvalue weighted by Gasteiger charge is 2.26. The Morgan fingerprint density at radius 1 is 1.47 bits per heavy atom. The lowest BCUT2D eigenvalue weighted by Gasteiger charge is -2.18. The molecule has 1 atom stereocenters. The molecule has 0 amide bonds. The third kappa shape index (κ3) is 2.52. The van der Waals surface area contributed by atoms with Crippen LogP contribution in [0.25, 0.3) is 0 Å². The Morgan fingerprint density at radius 2 is 2.24 bits per heavy atom. The number of nitrogens with zero attached hydrogens (tertiary/aromatic N) is 1. The number of ether oxygens (including phenoxy) is 1. The van der Waals surface area contributed by atoms with Gasteiger partial charge in [0, 0.05) is 16.6 Å². The quantitative estimate of drug-likeness (QED) is 0.622. The maximum absolute atomic E-state index is 11.2. The molecule has 1 aliphatic rings. The first-order chi connectivity index (χ1) is 8.08. The topological polar surface area (TPSA) is 69.4 Å². The highest BCUT2D eigenvalue weighted by molar-refractivity contribution is 9.10. The number of nitro benzene ring substituents is 1. The van der Waals surface area contributed by atoms with Crippen molar-refractivity contribution in [3.05, 3.63) is 50.7 Å². The maximum atomic E-state index is 11.2. The molecule has 0 aliphatic carbocycles. The molecule has 17 heavy (non-hydrogen) atoms. The summed E-state index contributed by atoms with van der Waals surface area (Å²) in [7, 11) is 0. The van der Waals surface area contributed by atoms with Crippen LogP contribution in [-0.4, -0.2) is 10.7 Å². The van der Waals surface area contributed by atoms with Crippen molar-refractivity contribution < 1.29 is 14.5 Å². The van der Waals surface area contributed by atoms with Crippen LogP contribution in [0.15, 0.2) is 35.0 Å². The molecular weight excluding hydrogens is 290 g/mol. The van der Waals surface area contributed by atoms with E-state index in [9.17, 15) is 14.9 Å². The Hall–Kier alpha value is -1.69. The summed E-state index contributed by atoms with van der Waals surface area (Å²) in [4.78, 5) is 21.7. The fraction of sp³-hybridized carbons (Fsp3) is 0.182. The Balaban J connectivity index is 2.41. The molecule has 0 saturated carbocycles. The normalized spacial score (nSPS) is 18.9. The summed E-state index contributed by atoms with van der Waals surface area (Å²) < 4.78 is 5.86. The smallest absolute Gasteiger partial charge is 0.277 e. The molecule has 5 nitrogen and oxygen atoms in total. The lowest BCUT2D eigenvalue weighted by molar-refractivity contribution is -0.386. The van der Waals surface area contributed by atoms with Gasteiger partial charge in [0.2, 0.25) is 0 Å². The summed E-state index contributed by atoms with van der Waals surface area (Å²) >= 11 is 3.17. The van der Waals surface area contributed by atoms with Crippen molar-refractivity contribution in [2.75, 3.05) is 0 Å². The molecule has 88 valence electrons. The van der Waals surface area contributed by atoms with Gasteiger partial charge in [-0.1, -0.05) is 15.9 Å². The lowest BCUT2D eigenvalue weighted by atomic mass is 10.0. The molecule has 0 radical (unpaired) electrons. The molecule has 0 spiro atoms. The minimum Gasteiger partial charge on any atom is -0.492 e. The van der Waals surface area contributed by atoms with E-state index in [1.54, 1.807) is 12.1 Å². The molecule has 1 aromatic carbocycles. The van der Waals surface area contributed by atoms with Gasteiger partial charge in [-0.05, 0) is 12.1 Å². The lowest BCUT2D eigenvalue weighted by Crippen LogP contribution is -2.12. The summed E-state index contributed by atoms with van der Waals surface area (Å²) in [5.74, 6) is -0.0986. The SMILES string of the molecule is O=C1C=COC(c2ccc(Br)cc2[N+](=O)[O-])C1. The van der Waals surface area contributed by atoms with Gasteiger partial charge in [-0.15, -0.1) is 0 Å². The molecule has 1 aliphatic heterocycles. The van der Waals surface area contributed by atoms with Gasteiger partial charge >= 0.3 is 0 Å². The summed E-state index contributed by atoms with van der Waals surface area (Å²) in [5.41, 5.74) is 0.364. The maximum Gasteiger partial charge on any atom is 0.277 e. The molecule has 6 heteroatoms. The number of halogens is 1. The van der Waals surface area contributed by atoms with Crippen LogP contribution < -0.4 is 0 Å². The van der Waals surface area contributed by atoms with Crippen molar-refractivity contribution in [3.8, 4) is 0 Å². The van der Waals surface area contributed by atoms with Crippen molar-refractivity contribution in [2.45, 2.75) is 12.5 Å². The van der Waals surface area contributed by atoms with E-state index in [4.69, 9.17) is 4.74 Å². The third-order valence-corrected chi connectivity index (χ3v) is 2.91. The fourth-order valence-electron chi connectivity index (χ4n) is 1.64. The number of hydrogen-bond acceptors (Lipinski definition) is 4. The number of ketones is 1. The van der Waals surface area contributed by atoms with Crippen molar-refractivity contribution in [2.24, 2.45) is 0 Å². The predicted molar refractivity (Wildman–Crippen MR) is 63.4 cm³/mol. The van der Waals surface area contributed by atoms with Gasteiger partial charge in [-0.3, -0.25) is 14.9 Å². The second-order valence-electron chi connectivity index (χ2n) is 3.56. The van der Waals surface area contributed by atoms with Gasteiger partial charge in [-0.2, -0.15) is 0 Å². The van der Waals surface area contributed by atoms with E-state index in [-0.39, 0.29) is 17.9 Å². The van der Waals surface area contributed by atoms with Gasteiger partial charge < -0.3 is 4.74 Å². The van der Waals surface area contributed by atoms with Crippen LogP contribution >= 0.6 is 15.9 Å². The average molecular weight is 298 g/mol. The zero-order chi connectivity index (χ0) is 12.4. The van der Waals surface area contributed by atoms with Crippen LogP contribution in [0.3, 0.4) is 0 Å². The summed E-state index contributed by atoms with van der Waals surface area (Å²) in [5, 5.41) is 10.9. The Bertz CT molecular complexity index is 512. The van der Waals surface area contributed by atoms with E-state index in [1.807, 2.05) is 0 Å². The first-order valence-corrected chi connectivity index (χ1v) is 5.66. The van der Waals surface area contributed by atoms with Gasteiger partial charge in [0.1, 0.15) is 6.10 Å². The number of allylic oxidation sites excluding steroid dienone is 1. The highest BCUT2D eigenvalue weighted by atomic mass is 79.9. The monoisotopic (exact) mass is 297 g/mol. The highest BCUT2D eigenvalue weighted by Crippen LogP contribution is 2.33. The van der Waals surface area contributed by atoms with Crippen molar-refractivity contribution in [1.82, 2.24) is 0 Å². The minimum atomic E-state index is -0.582. The zero-order valence-corrected chi connectivity index (χ0v) is 10.2. The van der Waals surface area contributed by atoms with Crippen LogP contribution in [0.1, 0.15) is 18.1 Å². The van der Waals surface area contributed by atoms with Crippen LogP contribution in [0, 0.1) is 10.1 Å². The van der Waals surface area contributed by atoms with E-state index < -0.39 is 11.0 Å². The van der Waals surface area contributed by atoms with Crippen molar-refractivity contribution in [1.29, 1.82) is 0 Å². The second kappa shape index (κ2) is 4.67. The van der Waals surface area contributed by atoms with Crippen LogP contribution in [0.2, 0.25) is 0 Å². The van der Waals surface area contributed by atoms with E-state index in [0.29, 0.717) is 10.0 Å². The number of carbonyl (C=O) groups is 1. The number of rotatable bonds is 2. The van der Waals surface area contributed by atoms with Crippen LogP contribution in [0.4, 0.5) is 5.69 Å². The van der Waals surface area contributed by atoms with Gasteiger partial charge in [-0.25, -0.2) is 0 Å². The predicted octanol–water partition coefficient (Wildman–Crippen LogP) is 2.90. The molecule has 1 heterocycles. The van der Waals surface area contributed by atoms with E-state index >= 15 is 0 Å². The summed E-state index contributed by atoms with van der Waals surface area (Å²) in [6.07, 6.45) is 2.14. The molecule has 1 unspecified atom stereocenters. The number of nitro groups is 1.